The Hall–Kier alpha value is -2.12. The maximum Gasteiger partial charge on any atom is 0.406 e. The van der Waals surface area contributed by atoms with Crippen molar-refractivity contribution in [2.24, 2.45) is 0 Å². The maximum absolute atomic E-state index is 12.5. The molecule has 0 saturated carbocycles. The van der Waals surface area contributed by atoms with Crippen LogP contribution >= 0.6 is 0 Å². The number of carboxylic acid groups (broad SMARTS) is 1. The fourth-order valence-corrected chi connectivity index (χ4v) is 1.41. The quantitative estimate of drug-likeness (QED) is 0.843. The van der Waals surface area contributed by atoms with Crippen molar-refractivity contribution in [3.05, 3.63) is 24.0 Å². The molecule has 0 amide bonds. The van der Waals surface area contributed by atoms with Crippen molar-refractivity contribution >= 4 is 18.0 Å². The lowest BCUT2D eigenvalue weighted by atomic mass is 10.3. The minimum absolute atomic E-state index is 0.0511. The summed E-state index contributed by atoms with van der Waals surface area (Å²) in [7, 11) is 0. The van der Waals surface area contributed by atoms with Gasteiger partial charge in [0.05, 0.1) is 0 Å². The smallest absolute Gasteiger partial charge is 0.406 e. The highest BCUT2D eigenvalue weighted by atomic mass is 19.4. The molecule has 0 saturated heterocycles. The molecule has 0 bridgehead atoms. The van der Waals surface area contributed by atoms with Crippen LogP contribution in [-0.4, -0.2) is 39.8 Å². The highest BCUT2D eigenvalue weighted by Gasteiger charge is 2.33. The number of alkyl halides is 3. The summed E-state index contributed by atoms with van der Waals surface area (Å²) in [6.07, 6.45) is 0.348. The summed E-state index contributed by atoms with van der Waals surface area (Å²) >= 11 is 0. The molecule has 0 fully saturated rings. The van der Waals surface area contributed by atoms with E-state index in [2.05, 4.69) is 9.97 Å². The SMILES string of the molecule is CC(C)N(CC(F)(F)F)c1ncc(/C=C/C(=O)O)cn1. The lowest BCUT2D eigenvalue weighted by Gasteiger charge is -2.27. The number of aromatic nitrogens is 2. The lowest BCUT2D eigenvalue weighted by Crippen LogP contribution is -2.40. The number of carboxylic acids is 1. The first-order chi connectivity index (χ1) is 9.19. The van der Waals surface area contributed by atoms with E-state index in [0.29, 0.717) is 5.56 Å². The second-order valence-corrected chi connectivity index (χ2v) is 4.32. The molecule has 110 valence electrons. The van der Waals surface area contributed by atoms with Crippen molar-refractivity contribution < 1.29 is 23.1 Å². The zero-order valence-electron chi connectivity index (χ0n) is 10.9. The number of nitrogens with zero attached hydrogens (tertiary/aromatic N) is 3. The molecule has 1 aromatic heterocycles. The van der Waals surface area contributed by atoms with Crippen molar-refractivity contribution in [3.8, 4) is 0 Å². The molecule has 1 aromatic rings. The highest BCUT2D eigenvalue weighted by Crippen LogP contribution is 2.21. The predicted molar refractivity (Wildman–Crippen MR) is 67.2 cm³/mol. The van der Waals surface area contributed by atoms with Crippen LogP contribution in [0, 0.1) is 0 Å². The summed E-state index contributed by atoms with van der Waals surface area (Å²) < 4.78 is 37.4. The van der Waals surface area contributed by atoms with E-state index in [1.807, 2.05) is 0 Å². The third-order valence-electron chi connectivity index (χ3n) is 2.31. The summed E-state index contributed by atoms with van der Waals surface area (Å²) in [4.78, 5) is 19.0. The van der Waals surface area contributed by atoms with Crippen molar-refractivity contribution in [1.82, 2.24) is 9.97 Å². The van der Waals surface area contributed by atoms with Gasteiger partial charge >= 0.3 is 12.1 Å². The largest absolute Gasteiger partial charge is 0.478 e. The van der Waals surface area contributed by atoms with E-state index >= 15 is 0 Å². The summed E-state index contributed by atoms with van der Waals surface area (Å²) in [6.45, 7) is 2.07. The Morgan fingerprint density at radius 1 is 1.40 bits per heavy atom. The van der Waals surface area contributed by atoms with Gasteiger partial charge in [0, 0.05) is 30.1 Å². The van der Waals surface area contributed by atoms with E-state index in [0.717, 1.165) is 11.0 Å². The monoisotopic (exact) mass is 289 g/mol. The van der Waals surface area contributed by atoms with Crippen molar-refractivity contribution in [2.75, 3.05) is 11.4 Å². The zero-order chi connectivity index (χ0) is 15.3. The standard InChI is InChI=1S/C12H14F3N3O2/c1-8(2)18(7-12(13,14)15)11-16-5-9(6-17-11)3-4-10(19)20/h3-6,8H,7H2,1-2H3,(H,19,20)/b4-3+. The van der Waals surface area contributed by atoms with Crippen LogP contribution in [-0.2, 0) is 4.79 Å². The summed E-state index contributed by atoms with van der Waals surface area (Å²) in [5.74, 6) is -1.18. The normalized spacial score (nSPS) is 12.1. The van der Waals surface area contributed by atoms with Crippen LogP contribution in [0.15, 0.2) is 18.5 Å². The Labute approximate surface area is 113 Å². The van der Waals surface area contributed by atoms with E-state index in [-0.39, 0.29) is 5.95 Å². The van der Waals surface area contributed by atoms with Crippen LogP contribution in [0.2, 0.25) is 0 Å². The minimum atomic E-state index is -4.35. The number of hydrogen-bond acceptors (Lipinski definition) is 4. The van der Waals surface area contributed by atoms with E-state index < -0.39 is 24.7 Å². The zero-order valence-corrected chi connectivity index (χ0v) is 10.9. The topological polar surface area (TPSA) is 66.3 Å². The molecular formula is C12H14F3N3O2. The fourth-order valence-electron chi connectivity index (χ4n) is 1.41. The number of aliphatic carboxylic acids is 1. The Bertz CT molecular complexity index is 484. The van der Waals surface area contributed by atoms with Gasteiger partial charge < -0.3 is 10.0 Å². The molecule has 0 aliphatic rings. The summed E-state index contributed by atoms with van der Waals surface area (Å²) in [6, 6.07) is -0.419. The molecule has 1 N–H and O–H groups in total. The molecule has 0 atom stereocenters. The second kappa shape index (κ2) is 6.36. The number of anilines is 1. The van der Waals surface area contributed by atoms with Crippen molar-refractivity contribution in [1.29, 1.82) is 0 Å². The number of hydrogen-bond donors (Lipinski definition) is 1. The van der Waals surface area contributed by atoms with Crippen molar-refractivity contribution in [2.45, 2.75) is 26.1 Å². The highest BCUT2D eigenvalue weighted by molar-refractivity contribution is 5.85. The molecule has 0 aliphatic heterocycles. The Kier molecular flexibility index (Phi) is 5.06. The molecule has 0 spiro atoms. The number of halogens is 3. The fraction of sp³-hybridized carbons (Fsp3) is 0.417. The van der Waals surface area contributed by atoms with Crippen LogP contribution in [0.5, 0.6) is 0 Å². The van der Waals surface area contributed by atoms with Gasteiger partial charge in [0.15, 0.2) is 0 Å². The summed E-state index contributed by atoms with van der Waals surface area (Å²) in [5.41, 5.74) is 0.395. The molecule has 0 radical (unpaired) electrons. The molecule has 8 heteroatoms. The average molecular weight is 289 g/mol. The summed E-state index contributed by atoms with van der Waals surface area (Å²) in [5, 5.41) is 8.46. The molecule has 0 aromatic carbocycles. The first-order valence-electron chi connectivity index (χ1n) is 5.75. The van der Waals surface area contributed by atoms with E-state index in [9.17, 15) is 18.0 Å². The molecular weight excluding hydrogens is 275 g/mol. The van der Waals surface area contributed by atoms with Crippen LogP contribution in [0.25, 0.3) is 6.08 Å². The first-order valence-corrected chi connectivity index (χ1v) is 5.75. The number of rotatable bonds is 5. The number of carbonyl (C=O) groups is 1. The van der Waals surface area contributed by atoms with Gasteiger partial charge in [-0.3, -0.25) is 0 Å². The van der Waals surface area contributed by atoms with Gasteiger partial charge in [0.25, 0.3) is 0 Å². The van der Waals surface area contributed by atoms with Gasteiger partial charge in [-0.05, 0) is 19.9 Å². The molecule has 0 unspecified atom stereocenters. The first kappa shape index (κ1) is 15.9. The Balaban J connectivity index is 2.91. The maximum atomic E-state index is 12.5. The van der Waals surface area contributed by atoms with Crippen LogP contribution in [0.3, 0.4) is 0 Å². The molecule has 0 aliphatic carbocycles. The van der Waals surface area contributed by atoms with Gasteiger partial charge in [-0.15, -0.1) is 0 Å². The van der Waals surface area contributed by atoms with Gasteiger partial charge in [0.1, 0.15) is 6.54 Å². The molecule has 1 rings (SSSR count). The van der Waals surface area contributed by atoms with Gasteiger partial charge in [0.2, 0.25) is 5.95 Å². The van der Waals surface area contributed by atoms with Crippen LogP contribution in [0.1, 0.15) is 19.4 Å². The van der Waals surface area contributed by atoms with E-state index in [1.165, 1.54) is 18.5 Å². The molecule has 5 nitrogen and oxygen atoms in total. The average Bonchev–Trinajstić information content (AvgIpc) is 2.33. The van der Waals surface area contributed by atoms with E-state index in [4.69, 9.17) is 5.11 Å². The van der Waals surface area contributed by atoms with Crippen molar-refractivity contribution in [3.63, 3.8) is 0 Å². The lowest BCUT2D eigenvalue weighted by molar-refractivity contribution is -0.131. The molecule has 1 heterocycles. The van der Waals surface area contributed by atoms with Gasteiger partial charge in [-0.2, -0.15) is 13.2 Å². The van der Waals surface area contributed by atoms with E-state index in [1.54, 1.807) is 13.8 Å². The van der Waals surface area contributed by atoms with Crippen LogP contribution in [0.4, 0.5) is 19.1 Å². The Morgan fingerprint density at radius 2 is 1.95 bits per heavy atom. The predicted octanol–water partition coefficient (Wildman–Crippen LogP) is 2.35. The minimum Gasteiger partial charge on any atom is -0.478 e. The third kappa shape index (κ3) is 5.25. The van der Waals surface area contributed by atoms with Crippen LogP contribution < -0.4 is 4.90 Å². The molecule has 20 heavy (non-hydrogen) atoms. The van der Waals surface area contributed by atoms with Gasteiger partial charge in [-0.25, -0.2) is 14.8 Å². The Morgan fingerprint density at radius 3 is 2.35 bits per heavy atom. The second-order valence-electron chi connectivity index (χ2n) is 4.32. The third-order valence-corrected chi connectivity index (χ3v) is 2.31. The van der Waals surface area contributed by atoms with Gasteiger partial charge in [-0.1, -0.05) is 0 Å².